The van der Waals surface area contributed by atoms with E-state index in [1.54, 1.807) is 11.3 Å². The molecule has 0 fully saturated rings. The molecule has 1 atom stereocenters. The molecule has 1 aromatic heterocycles. The summed E-state index contributed by atoms with van der Waals surface area (Å²) in [5.74, 6) is 5.77. The summed E-state index contributed by atoms with van der Waals surface area (Å²) in [6, 6.07) is 14.9. The summed E-state index contributed by atoms with van der Waals surface area (Å²) in [5.41, 5.74) is 5.24. The maximum atomic E-state index is 5.77. The van der Waals surface area contributed by atoms with Crippen LogP contribution in [0.15, 0.2) is 42.5 Å². The fourth-order valence-electron chi connectivity index (χ4n) is 2.50. The summed E-state index contributed by atoms with van der Waals surface area (Å²) in [6.45, 7) is 4.16. The van der Waals surface area contributed by atoms with Crippen LogP contribution in [-0.2, 0) is 6.42 Å². The van der Waals surface area contributed by atoms with E-state index in [4.69, 9.17) is 5.84 Å². The molecule has 0 amide bonds. The van der Waals surface area contributed by atoms with Crippen LogP contribution in [0.5, 0.6) is 0 Å². The van der Waals surface area contributed by atoms with Gasteiger partial charge in [-0.2, -0.15) is 0 Å². The number of nitrogens with two attached hydrogens (primary N) is 1. The highest BCUT2D eigenvalue weighted by atomic mass is 32.1. The van der Waals surface area contributed by atoms with Gasteiger partial charge < -0.3 is 0 Å². The zero-order valence-electron chi connectivity index (χ0n) is 12.3. The van der Waals surface area contributed by atoms with Gasteiger partial charge in [-0.3, -0.25) is 11.3 Å². The monoisotopic (exact) mass is 297 g/mol. The number of nitrogens with one attached hydrogen (secondary N) is 1. The van der Waals surface area contributed by atoms with Gasteiger partial charge in [0.25, 0.3) is 0 Å². The van der Waals surface area contributed by atoms with Gasteiger partial charge in [0.05, 0.1) is 16.7 Å². The van der Waals surface area contributed by atoms with Crippen molar-refractivity contribution in [3.05, 3.63) is 63.6 Å². The first-order chi connectivity index (χ1) is 10.2. The van der Waals surface area contributed by atoms with Crippen molar-refractivity contribution in [2.24, 2.45) is 5.84 Å². The lowest BCUT2D eigenvalue weighted by Gasteiger charge is -2.15. The van der Waals surface area contributed by atoms with Crippen molar-refractivity contribution in [3.8, 4) is 0 Å². The molecule has 3 nitrogen and oxygen atoms in total. The second-order valence-corrected chi connectivity index (χ2v) is 6.57. The minimum absolute atomic E-state index is 0.0829. The Bertz CT molecular complexity index is 744. The number of hydrogen-bond acceptors (Lipinski definition) is 4. The molecule has 3 rings (SSSR count). The number of fused-ring (bicyclic) bond motifs is 1. The van der Waals surface area contributed by atoms with Gasteiger partial charge in [0.2, 0.25) is 0 Å². The molecule has 4 heteroatoms. The summed E-state index contributed by atoms with van der Waals surface area (Å²) in [7, 11) is 0. The minimum Gasteiger partial charge on any atom is -0.271 e. The number of aryl methyl sites for hydroxylation is 2. The molecule has 0 aliphatic carbocycles. The number of thiazole rings is 1. The predicted molar refractivity (Wildman–Crippen MR) is 89.3 cm³/mol. The summed E-state index contributed by atoms with van der Waals surface area (Å²) in [5, 5.41) is 3.61. The lowest BCUT2D eigenvalue weighted by molar-refractivity contribution is 0.551. The smallest absolute Gasteiger partial charge is 0.0950 e. The second-order valence-electron chi connectivity index (χ2n) is 5.28. The SMILES string of the molecule is Cc1nc(CC(NN)c2ccc3ccccc3c2)sc1C. The van der Waals surface area contributed by atoms with Gasteiger partial charge >= 0.3 is 0 Å². The van der Waals surface area contributed by atoms with Crippen LogP contribution in [0.3, 0.4) is 0 Å². The molecule has 1 heterocycles. The number of aromatic nitrogens is 1. The van der Waals surface area contributed by atoms with Gasteiger partial charge in [-0.15, -0.1) is 11.3 Å². The molecule has 21 heavy (non-hydrogen) atoms. The first-order valence-electron chi connectivity index (χ1n) is 7.05. The van der Waals surface area contributed by atoms with Crippen LogP contribution in [-0.4, -0.2) is 4.98 Å². The molecule has 108 valence electrons. The minimum atomic E-state index is 0.0829. The van der Waals surface area contributed by atoms with Crippen LogP contribution in [0.2, 0.25) is 0 Å². The lowest BCUT2D eigenvalue weighted by atomic mass is 10.0. The maximum Gasteiger partial charge on any atom is 0.0950 e. The summed E-state index contributed by atoms with van der Waals surface area (Å²) < 4.78 is 0. The standard InChI is InChI=1S/C17H19N3S/c1-11-12(2)21-17(19-11)10-16(20-18)15-8-7-13-5-3-4-6-14(13)9-15/h3-9,16,20H,10,18H2,1-2H3. The van der Waals surface area contributed by atoms with E-state index >= 15 is 0 Å². The van der Waals surface area contributed by atoms with Gasteiger partial charge in [0.1, 0.15) is 0 Å². The topological polar surface area (TPSA) is 50.9 Å². The van der Waals surface area contributed by atoms with E-state index in [0.717, 1.165) is 17.1 Å². The number of rotatable bonds is 4. The Balaban J connectivity index is 1.90. The first-order valence-corrected chi connectivity index (χ1v) is 7.87. The van der Waals surface area contributed by atoms with Crippen molar-refractivity contribution in [1.29, 1.82) is 0 Å². The van der Waals surface area contributed by atoms with Crippen LogP contribution in [0.1, 0.15) is 27.2 Å². The molecule has 0 radical (unpaired) electrons. The number of hydrazine groups is 1. The predicted octanol–water partition coefficient (Wildman–Crippen LogP) is 3.66. The van der Waals surface area contributed by atoms with Gasteiger partial charge in [-0.25, -0.2) is 4.98 Å². The second kappa shape index (κ2) is 5.93. The van der Waals surface area contributed by atoms with Crippen molar-refractivity contribution in [1.82, 2.24) is 10.4 Å². The van der Waals surface area contributed by atoms with Gasteiger partial charge in [-0.05, 0) is 36.2 Å². The zero-order valence-corrected chi connectivity index (χ0v) is 13.1. The van der Waals surface area contributed by atoms with E-state index in [1.165, 1.54) is 21.2 Å². The van der Waals surface area contributed by atoms with Crippen LogP contribution >= 0.6 is 11.3 Å². The summed E-state index contributed by atoms with van der Waals surface area (Å²) in [6.07, 6.45) is 0.814. The quantitative estimate of drug-likeness (QED) is 0.571. The van der Waals surface area contributed by atoms with Crippen LogP contribution in [0.4, 0.5) is 0 Å². The van der Waals surface area contributed by atoms with E-state index in [-0.39, 0.29) is 6.04 Å². The highest BCUT2D eigenvalue weighted by Crippen LogP contribution is 2.25. The molecule has 0 aliphatic heterocycles. The summed E-state index contributed by atoms with van der Waals surface area (Å²) >= 11 is 1.75. The van der Waals surface area contributed by atoms with E-state index in [1.807, 2.05) is 0 Å². The molecular formula is C17H19N3S. The van der Waals surface area contributed by atoms with Crippen molar-refractivity contribution in [3.63, 3.8) is 0 Å². The fourth-order valence-corrected chi connectivity index (χ4v) is 3.48. The van der Waals surface area contributed by atoms with Gasteiger partial charge in [0.15, 0.2) is 0 Å². The molecule has 0 bridgehead atoms. The number of benzene rings is 2. The molecular weight excluding hydrogens is 278 g/mol. The van der Waals surface area contributed by atoms with Crippen molar-refractivity contribution >= 4 is 22.1 Å². The number of hydrogen-bond donors (Lipinski definition) is 2. The van der Waals surface area contributed by atoms with Crippen LogP contribution in [0.25, 0.3) is 10.8 Å². The summed E-state index contributed by atoms with van der Waals surface area (Å²) in [4.78, 5) is 5.89. The van der Waals surface area contributed by atoms with Crippen LogP contribution in [0, 0.1) is 13.8 Å². The molecule has 0 spiro atoms. The van der Waals surface area contributed by atoms with E-state index in [2.05, 4.69) is 66.7 Å². The zero-order chi connectivity index (χ0) is 14.8. The highest BCUT2D eigenvalue weighted by Gasteiger charge is 2.14. The average Bonchev–Trinajstić information content (AvgIpc) is 2.82. The Morgan fingerprint density at radius 3 is 2.57 bits per heavy atom. The maximum absolute atomic E-state index is 5.77. The van der Waals surface area contributed by atoms with Crippen LogP contribution < -0.4 is 11.3 Å². The molecule has 3 N–H and O–H groups in total. The number of nitrogens with zero attached hydrogens (tertiary/aromatic N) is 1. The third-order valence-electron chi connectivity index (χ3n) is 3.83. The Morgan fingerprint density at radius 1 is 1.14 bits per heavy atom. The fraction of sp³-hybridized carbons (Fsp3) is 0.235. The van der Waals surface area contributed by atoms with E-state index < -0.39 is 0 Å². The Morgan fingerprint density at radius 2 is 1.90 bits per heavy atom. The van der Waals surface area contributed by atoms with Crippen molar-refractivity contribution < 1.29 is 0 Å². The highest BCUT2D eigenvalue weighted by molar-refractivity contribution is 7.11. The van der Waals surface area contributed by atoms with E-state index in [0.29, 0.717) is 0 Å². The van der Waals surface area contributed by atoms with Crippen molar-refractivity contribution in [2.75, 3.05) is 0 Å². The molecule has 0 saturated heterocycles. The molecule has 0 saturated carbocycles. The Kier molecular flexibility index (Phi) is 4.01. The largest absolute Gasteiger partial charge is 0.271 e. The molecule has 2 aromatic carbocycles. The Hall–Kier alpha value is -1.75. The average molecular weight is 297 g/mol. The third kappa shape index (κ3) is 2.97. The first kappa shape index (κ1) is 14.2. The lowest BCUT2D eigenvalue weighted by Crippen LogP contribution is -2.29. The third-order valence-corrected chi connectivity index (χ3v) is 4.92. The van der Waals surface area contributed by atoms with E-state index in [9.17, 15) is 0 Å². The Labute approximate surface area is 128 Å². The molecule has 1 unspecified atom stereocenters. The van der Waals surface area contributed by atoms with Crippen molar-refractivity contribution in [2.45, 2.75) is 26.3 Å². The normalized spacial score (nSPS) is 12.7. The van der Waals surface area contributed by atoms with Gasteiger partial charge in [-0.1, -0.05) is 36.4 Å². The molecule has 0 aliphatic rings. The molecule has 3 aromatic rings. The van der Waals surface area contributed by atoms with Gasteiger partial charge in [0, 0.05) is 11.3 Å².